The van der Waals surface area contributed by atoms with Crippen LogP contribution in [0.5, 0.6) is 0 Å². The number of nitrogens with zero attached hydrogens (tertiary/aromatic N) is 1. The van der Waals surface area contributed by atoms with Gasteiger partial charge in [0.25, 0.3) is 0 Å². The Morgan fingerprint density at radius 2 is 0.941 bits per heavy atom. The molecule has 0 N–H and O–H groups in total. The maximum Gasteiger partial charge on any atom is 0.0540 e. The molecule has 9 rings (SSSR count). The number of hydrogen-bond acceptors (Lipinski definition) is 1. The standard InChI is InChI=1S/C50H41N/c1-49(2)44-23-14-17-37-29-30-43-41(31-32-45(50(49,3)4)48(43)47(37)44)42-22-11-12-24-46(42)51(39-19-9-6-10-20-39)40-21-13-18-38(33-40)36-27-25-35(26-28-36)34-15-7-5-8-16-34/h5-33H,1-4H3. The van der Waals surface area contributed by atoms with Gasteiger partial charge in [0, 0.05) is 16.9 Å². The molecule has 0 radical (unpaired) electrons. The fourth-order valence-electron chi connectivity index (χ4n) is 8.38. The summed E-state index contributed by atoms with van der Waals surface area (Å²) in [5, 5.41) is 5.42. The van der Waals surface area contributed by atoms with Crippen molar-refractivity contribution >= 4 is 38.6 Å². The Morgan fingerprint density at radius 1 is 0.373 bits per heavy atom. The van der Waals surface area contributed by atoms with Gasteiger partial charge in [-0.1, -0.05) is 173 Å². The first-order valence-electron chi connectivity index (χ1n) is 18.0. The lowest BCUT2D eigenvalue weighted by Gasteiger charge is -2.47. The van der Waals surface area contributed by atoms with Crippen LogP contribution >= 0.6 is 0 Å². The van der Waals surface area contributed by atoms with Gasteiger partial charge in [-0.05, 0) is 102 Å². The van der Waals surface area contributed by atoms with E-state index >= 15 is 0 Å². The van der Waals surface area contributed by atoms with Crippen LogP contribution in [0.15, 0.2) is 176 Å². The highest BCUT2D eigenvalue weighted by Crippen LogP contribution is 2.55. The molecule has 0 spiro atoms. The molecule has 0 atom stereocenters. The van der Waals surface area contributed by atoms with E-state index in [-0.39, 0.29) is 10.8 Å². The number of anilines is 3. The molecular formula is C50H41N. The maximum absolute atomic E-state index is 2.42. The van der Waals surface area contributed by atoms with E-state index in [2.05, 4.69) is 209 Å². The van der Waals surface area contributed by atoms with Crippen LogP contribution in [-0.4, -0.2) is 0 Å². The molecule has 0 amide bonds. The molecule has 0 aromatic heterocycles. The summed E-state index contributed by atoms with van der Waals surface area (Å²) >= 11 is 0. The van der Waals surface area contributed by atoms with Crippen LogP contribution in [0.4, 0.5) is 17.1 Å². The molecule has 0 saturated carbocycles. The van der Waals surface area contributed by atoms with Crippen molar-refractivity contribution in [1.82, 2.24) is 0 Å². The smallest absolute Gasteiger partial charge is 0.0540 e. The minimum Gasteiger partial charge on any atom is -0.310 e. The third kappa shape index (κ3) is 4.91. The zero-order chi connectivity index (χ0) is 34.7. The molecule has 0 saturated heterocycles. The van der Waals surface area contributed by atoms with Gasteiger partial charge in [-0.3, -0.25) is 0 Å². The Morgan fingerprint density at radius 3 is 1.69 bits per heavy atom. The van der Waals surface area contributed by atoms with Crippen molar-refractivity contribution in [3.05, 3.63) is 187 Å². The topological polar surface area (TPSA) is 3.24 Å². The molecule has 246 valence electrons. The van der Waals surface area contributed by atoms with E-state index in [0.29, 0.717) is 0 Å². The summed E-state index contributed by atoms with van der Waals surface area (Å²) in [5.74, 6) is 0. The zero-order valence-electron chi connectivity index (χ0n) is 29.7. The Balaban J connectivity index is 1.22. The summed E-state index contributed by atoms with van der Waals surface area (Å²) in [6.45, 7) is 9.67. The first-order chi connectivity index (χ1) is 24.8. The third-order valence-corrected chi connectivity index (χ3v) is 11.8. The van der Waals surface area contributed by atoms with E-state index in [1.165, 1.54) is 66.1 Å². The summed E-state index contributed by atoms with van der Waals surface area (Å²) in [7, 11) is 0. The van der Waals surface area contributed by atoms with E-state index in [1.807, 2.05) is 0 Å². The van der Waals surface area contributed by atoms with E-state index in [4.69, 9.17) is 0 Å². The summed E-state index contributed by atoms with van der Waals surface area (Å²) in [6.07, 6.45) is 0. The molecule has 0 bridgehead atoms. The third-order valence-electron chi connectivity index (χ3n) is 11.8. The molecule has 1 heteroatoms. The molecule has 0 heterocycles. The summed E-state index contributed by atoms with van der Waals surface area (Å²) in [5.41, 5.74) is 13.5. The fourth-order valence-corrected chi connectivity index (χ4v) is 8.38. The molecule has 51 heavy (non-hydrogen) atoms. The molecule has 1 nitrogen and oxygen atoms in total. The van der Waals surface area contributed by atoms with Crippen molar-refractivity contribution in [1.29, 1.82) is 0 Å². The van der Waals surface area contributed by atoms with Crippen LogP contribution in [-0.2, 0) is 10.8 Å². The second-order valence-electron chi connectivity index (χ2n) is 15.0. The van der Waals surface area contributed by atoms with Crippen LogP contribution in [0, 0.1) is 0 Å². The first-order valence-corrected chi connectivity index (χ1v) is 18.0. The lowest BCUT2D eigenvalue weighted by molar-refractivity contribution is 0.304. The van der Waals surface area contributed by atoms with Crippen LogP contribution in [0.1, 0.15) is 38.8 Å². The van der Waals surface area contributed by atoms with Crippen molar-refractivity contribution in [3.63, 3.8) is 0 Å². The quantitative estimate of drug-likeness (QED) is 0.161. The zero-order valence-corrected chi connectivity index (χ0v) is 29.7. The predicted molar refractivity (Wildman–Crippen MR) is 218 cm³/mol. The molecule has 0 unspecified atom stereocenters. The summed E-state index contributed by atoms with van der Waals surface area (Å²) in [6, 6.07) is 64.5. The van der Waals surface area contributed by atoms with Crippen LogP contribution in [0.3, 0.4) is 0 Å². The normalized spacial score (nSPS) is 14.2. The second-order valence-corrected chi connectivity index (χ2v) is 15.0. The van der Waals surface area contributed by atoms with Crippen molar-refractivity contribution in [2.24, 2.45) is 0 Å². The molecule has 8 aromatic rings. The minimum absolute atomic E-state index is 0.00971. The molecule has 1 aliphatic rings. The van der Waals surface area contributed by atoms with Crippen molar-refractivity contribution in [3.8, 4) is 33.4 Å². The Hall–Kier alpha value is -5.92. The monoisotopic (exact) mass is 655 g/mol. The lowest BCUT2D eigenvalue weighted by atomic mass is 9.56. The minimum atomic E-state index is -0.0399. The Bertz CT molecular complexity index is 2560. The van der Waals surface area contributed by atoms with E-state index in [0.717, 1.165) is 17.1 Å². The largest absolute Gasteiger partial charge is 0.310 e. The predicted octanol–water partition coefficient (Wildman–Crippen LogP) is 14.0. The van der Waals surface area contributed by atoms with Crippen LogP contribution < -0.4 is 4.90 Å². The van der Waals surface area contributed by atoms with Crippen LogP contribution in [0.25, 0.3) is 54.9 Å². The van der Waals surface area contributed by atoms with E-state index < -0.39 is 0 Å². The molecule has 0 fully saturated rings. The maximum atomic E-state index is 2.42. The summed E-state index contributed by atoms with van der Waals surface area (Å²) in [4.78, 5) is 2.42. The molecule has 1 aliphatic carbocycles. The van der Waals surface area contributed by atoms with Gasteiger partial charge >= 0.3 is 0 Å². The summed E-state index contributed by atoms with van der Waals surface area (Å²) < 4.78 is 0. The van der Waals surface area contributed by atoms with E-state index in [1.54, 1.807) is 0 Å². The van der Waals surface area contributed by atoms with Crippen LogP contribution in [0.2, 0.25) is 0 Å². The van der Waals surface area contributed by atoms with Gasteiger partial charge in [-0.2, -0.15) is 0 Å². The first kappa shape index (κ1) is 31.1. The number of para-hydroxylation sites is 2. The Kier molecular flexibility index (Phi) is 7.22. The van der Waals surface area contributed by atoms with Gasteiger partial charge < -0.3 is 4.90 Å². The molecular weight excluding hydrogens is 615 g/mol. The van der Waals surface area contributed by atoms with Gasteiger partial charge in [0.1, 0.15) is 0 Å². The van der Waals surface area contributed by atoms with E-state index in [9.17, 15) is 0 Å². The number of hydrogen-bond donors (Lipinski definition) is 0. The average molecular weight is 656 g/mol. The van der Waals surface area contributed by atoms with Gasteiger partial charge in [0.15, 0.2) is 0 Å². The molecule has 8 aromatic carbocycles. The van der Waals surface area contributed by atoms with Crippen molar-refractivity contribution < 1.29 is 0 Å². The van der Waals surface area contributed by atoms with Gasteiger partial charge in [0.2, 0.25) is 0 Å². The van der Waals surface area contributed by atoms with Gasteiger partial charge in [-0.15, -0.1) is 0 Å². The highest BCUT2D eigenvalue weighted by molar-refractivity contribution is 6.17. The second kappa shape index (κ2) is 11.9. The van der Waals surface area contributed by atoms with Gasteiger partial charge in [0.05, 0.1) is 5.69 Å². The van der Waals surface area contributed by atoms with Crippen molar-refractivity contribution in [2.75, 3.05) is 4.90 Å². The fraction of sp³-hybridized carbons (Fsp3) is 0.120. The number of rotatable bonds is 6. The molecule has 0 aliphatic heterocycles. The SMILES string of the molecule is CC1(C)c2cccc3ccc4c(-c5ccccc5N(c5ccccc5)c5cccc(-c6ccc(-c7ccccc7)cc6)c5)ccc(c4c23)C1(C)C. The lowest BCUT2D eigenvalue weighted by Crippen LogP contribution is -2.42. The highest BCUT2D eigenvalue weighted by atomic mass is 15.1. The Labute approximate surface area is 301 Å². The average Bonchev–Trinajstić information content (AvgIpc) is 3.18. The van der Waals surface area contributed by atoms with Crippen molar-refractivity contribution in [2.45, 2.75) is 38.5 Å². The highest BCUT2D eigenvalue weighted by Gasteiger charge is 2.45. The van der Waals surface area contributed by atoms with Gasteiger partial charge in [-0.25, -0.2) is 0 Å². The number of benzene rings is 8.